The summed E-state index contributed by atoms with van der Waals surface area (Å²) in [6.45, 7) is 4.43. The van der Waals surface area contributed by atoms with Gasteiger partial charge < -0.3 is 4.90 Å². The first-order valence-electron chi connectivity index (χ1n) is 4.80. The van der Waals surface area contributed by atoms with E-state index in [0.717, 1.165) is 0 Å². The number of hydrogen-bond acceptors (Lipinski definition) is 1. The van der Waals surface area contributed by atoms with Gasteiger partial charge in [0.2, 0.25) is 0 Å². The highest BCUT2D eigenvalue weighted by Gasteiger charge is 2.11. The number of halogens is 1. The average Bonchev–Trinajstić information content (AvgIpc) is 2.21. The summed E-state index contributed by atoms with van der Waals surface area (Å²) in [5, 5.41) is 7.69. The highest BCUT2D eigenvalue weighted by Crippen LogP contribution is 2.19. The lowest BCUT2D eigenvalue weighted by Crippen LogP contribution is -2.29. The van der Waals surface area contributed by atoms with E-state index in [1.165, 1.54) is 6.07 Å². The van der Waals surface area contributed by atoms with Crippen LogP contribution in [0.1, 0.15) is 20.3 Å². The first-order chi connectivity index (χ1) is 6.70. The molecule has 0 saturated carbocycles. The number of amidine groups is 1. The zero-order chi connectivity index (χ0) is 10.6. The van der Waals surface area contributed by atoms with Crippen molar-refractivity contribution in [3.05, 3.63) is 30.1 Å². The van der Waals surface area contributed by atoms with Crippen LogP contribution in [-0.4, -0.2) is 12.4 Å². The van der Waals surface area contributed by atoms with Crippen molar-refractivity contribution in [3.8, 4) is 0 Å². The number of hydrogen-bond donors (Lipinski definition) is 1. The van der Waals surface area contributed by atoms with Gasteiger partial charge in [-0.05, 0) is 19.1 Å². The second-order valence-corrected chi connectivity index (χ2v) is 3.00. The van der Waals surface area contributed by atoms with Crippen LogP contribution in [0.4, 0.5) is 10.1 Å². The van der Waals surface area contributed by atoms with E-state index < -0.39 is 0 Å². The van der Waals surface area contributed by atoms with Gasteiger partial charge in [0.15, 0.2) is 0 Å². The summed E-state index contributed by atoms with van der Waals surface area (Å²) in [5.41, 5.74) is 0.488. The van der Waals surface area contributed by atoms with Gasteiger partial charge in [-0.15, -0.1) is 0 Å². The second-order valence-electron chi connectivity index (χ2n) is 3.00. The lowest BCUT2D eigenvalue weighted by molar-refractivity contribution is 0.626. The van der Waals surface area contributed by atoms with E-state index in [0.29, 0.717) is 24.5 Å². The molecule has 0 amide bonds. The molecule has 0 unspecified atom stereocenters. The van der Waals surface area contributed by atoms with Gasteiger partial charge in [-0.1, -0.05) is 19.1 Å². The maximum atomic E-state index is 13.4. The molecule has 14 heavy (non-hydrogen) atoms. The molecule has 0 aliphatic heterocycles. The number of anilines is 1. The standard InChI is InChI=1S/C11H15FN2/c1-3-11(13)14(4-2)10-8-6-5-7-9(10)12/h5-8,13H,3-4H2,1-2H3. The van der Waals surface area contributed by atoms with Crippen LogP contribution in [0.2, 0.25) is 0 Å². The third kappa shape index (κ3) is 2.10. The Morgan fingerprint density at radius 1 is 1.36 bits per heavy atom. The summed E-state index contributed by atoms with van der Waals surface area (Å²) in [4.78, 5) is 1.68. The van der Waals surface area contributed by atoms with Gasteiger partial charge in [0.25, 0.3) is 0 Å². The van der Waals surface area contributed by atoms with Gasteiger partial charge in [0, 0.05) is 13.0 Å². The molecule has 0 heterocycles. The van der Waals surface area contributed by atoms with Crippen molar-refractivity contribution in [1.29, 1.82) is 5.41 Å². The lowest BCUT2D eigenvalue weighted by Gasteiger charge is -2.23. The first kappa shape index (κ1) is 10.7. The van der Waals surface area contributed by atoms with Crippen molar-refractivity contribution in [3.63, 3.8) is 0 Å². The van der Waals surface area contributed by atoms with E-state index in [2.05, 4.69) is 0 Å². The normalized spacial score (nSPS) is 9.93. The maximum absolute atomic E-state index is 13.4. The van der Waals surface area contributed by atoms with E-state index in [-0.39, 0.29) is 5.82 Å². The molecule has 0 spiro atoms. The molecule has 0 aliphatic rings. The Bertz CT molecular complexity index is 323. The summed E-state index contributed by atoms with van der Waals surface area (Å²) in [6.07, 6.45) is 0.613. The van der Waals surface area contributed by atoms with Crippen LogP contribution in [0.25, 0.3) is 0 Å². The molecule has 0 atom stereocenters. The smallest absolute Gasteiger partial charge is 0.146 e. The highest BCUT2D eigenvalue weighted by molar-refractivity contribution is 5.95. The van der Waals surface area contributed by atoms with Crippen LogP contribution in [0.3, 0.4) is 0 Å². The predicted molar refractivity (Wildman–Crippen MR) is 57.4 cm³/mol. The second kappa shape index (κ2) is 4.74. The third-order valence-corrected chi connectivity index (χ3v) is 2.12. The molecule has 0 aliphatic carbocycles. The minimum absolute atomic E-state index is 0.271. The Kier molecular flexibility index (Phi) is 3.63. The summed E-state index contributed by atoms with van der Waals surface area (Å²) in [5.74, 6) is 0.171. The van der Waals surface area contributed by atoms with Crippen LogP contribution in [0.15, 0.2) is 24.3 Å². The van der Waals surface area contributed by atoms with E-state index >= 15 is 0 Å². The largest absolute Gasteiger partial charge is 0.328 e. The number of rotatable bonds is 3. The molecule has 76 valence electrons. The van der Waals surface area contributed by atoms with Gasteiger partial charge in [-0.2, -0.15) is 0 Å². The summed E-state index contributed by atoms with van der Waals surface area (Å²) < 4.78 is 13.4. The van der Waals surface area contributed by atoms with E-state index in [9.17, 15) is 4.39 Å². The molecular weight excluding hydrogens is 179 g/mol. The van der Waals surface area contributed by atoms with Crippen molar-refractivity contribution >= 4 is 11.5 Å². The number of para-hydroxylation sites is 1. The molecule has 0 fully saturated rings. The summed E-state index contributed by atoms with van der Waals surface area (Å²) in [6, 6.07) is 6.55. The average molecular weight is 194 g/mol. The molecule has 0 aromatic heterocycles. The maximum Gasteiger partial charge on any atom is 0.146 e. The topological polar surface area (TPSA) is 27.1 Å². The van der Waals surface area contributed by atoms with Crippen molar-refractivity contribution in [2.75, 3.05) is 11.4 Å². The molecule has 1 aromatic carbocycles. The molecule has 0 radical (unpaired) electrons. The minimum atomic E-state index is -0.271. The molecule has 1 rings (SSSR count). The monoisotopic (exact) mass is 194 g/mol. The van der Waals surface area contributed by atoms with Crippen LogP contribution in [0, 0.1) is 11.2 Å². The summed E-state index contributed by atoms with van der Waals surface area (Å²) >= 11 is 0. The Balaban J connectivity index is 3.01. The van der Waals surface area contributed by atoms with Crippen molar-refractivity contribution in [1.82, 2.24) is 0 Å². The SMILES string of the molecule is CCC(=N)N(CC)c1ccccc1F. The zero-order valence-corrected chi connectivity index (χ0v) is 8.55. The van der Waals surface area contributed by atoms with E-state index in [4.69, 9.17) is 5.41 Å². The highest BCUT2D eigenvalue weighted by atomic mass is 19.1. The van der Waals surface area contributed by atoms with Crippen molar-refractivity contribution in [2.45, 2.75) is 20.3 Å². The Morgan fingerprint density at radius 2 is 2.00 bits per heavy atom. The van der Waals surface area contributed by atoms with Gasteiger partial charge in [-0.3, -0.25) is 5.41 Å². The number of nitrogens with zero attached hydrogens (tertiary/aromatic N) is 1. The summed E-state index contributed by atoms with van der Waals surface area (Å²) in [7, 11) is 0. The molecule has 1 aromatic rings. The fraction of sp³-hybridized carbons (Fsp3) is 0.364. The third-order valence-electron chi connectivity index (χ3n) is 2.12. The number of nitrogens with one attached hydrogen (secondary N) is 1. The van der Waals surface area contributed by atoms with Crippen molar-refractivity contribution < 1.29 is 4.39 Å². The Hall–Kier alpha value is -1.38. The molecule has 1 N–H and O–H groups in total. The van der Waals surface area contributed by atoms with E-state index in [1.807, 2.05) is 13.8 Å². The minimum Gasteiger partial charge on any atom is -0.328 e. The quantitative estimate of drug-likeness (QED) is 0.581. The predicted octanol–water partition coefficient (Wildman–Crippen LogP) is 3.04. The fourth-order valence-electron chi connectivity index (χ4n) is 1.37. The molecule has 3 heteroatoms. The van der Waals surface area contributed by atoms with Gasteiger partial charge >= 0.3 is 0 Å². The lowest BCUT2D eigenvalue weighted by atomic mass is 10.2. The van der Waals surface area contributed by atoms with Crippen LogP contribution >= 0.6 is 0 Å². The van der Waals surface area contributed by atoms with Crippen molar-refractivity contribution in [2.24, 2.45) is 0 Å². The zero-order valence-electron chi connectivity index (χ0n) is 8.55. The van der Waals surface area contributed by atoms with Gasteiger partial charge in [0.05, 0.1) is 11.5 Å². The van der Waals surface area contributed by atoms with Crippen LogP contribution in [-0.2, 0) is 0 Å². The first-order valence-corrected chi connectivity index (χ1v) is 4.80. The molecule has 0 bridgehead atoms. The molecular formula is C11H15FN2. The Morgan fingerprint density at radius 3 is 2.50 bits per heavy atom. The number of benzene rings is 1. The van der Waals surface area contributed by atoms with Gasteiger partial charge in [0.1, 0.15) is 5.82 Å². The van der Waals surface area contributed by atoms with E-state index in [1.54, 1.807) is 23.1 Å². The van der Waals surface area contributed by atoms with Crippen LogP contribution < -0.4 is 4.90 Å². The Labute approximate surface area is 83.9 Å². The fourth-order valence-corrected chi connectivity index (χ4v) is 1.37. The molecule has 0 saturated heterocycles. The molecule has 2 nitrogen and oxygen atoms in total. The van der Waals surface area contributed by atoms with Crippen LogP contribution in [0.5, 0.6) is 0 Å². The van der Waals surface area contributed by atoms with Gasteiger partial charge in [-0.25, -0.2) is 4.39 Å².